The van der Waals surface area contributed by atoms with Crippen LogP contribution >= 0.6 is 23.2 Å². The highest BCUT2D eigenvalue weighted by Gasteiger charge is 2.15. The third-order valence-corrected chi connectivity index (χ3v) is 4.67. The molecule has 26 heavy (non-hydrogen) atoms. The zero-order valence-corrected chi connectivity index (χ0v) is 14.5. The predicted molar refractivity (Wildman–Crippen MR) is 98.4 cm³/mol. The first kappa shape index (κ1) is 16.7. The zero-order valence-electron chi connectivity index (χ0n) is 13.0. The van der Waals surface area contributed by atoms with E-state index in [0.717, 1.165) is 6.07 Å². The van der Waals surface area contributed by atoms with Crippen LogP contribution in [0, 0.1) is 5.82 Å². The molecular weight excluding hydrogens is 380 g/mol. The lowest BCUT2D eigenvalue weighted by Crippen LogP contribution is -1.97. The van der Waals surface area contributed by atoms with Crippen LogP contribution in [0.5, 0.6) is 0 Å². The number of aromatic nitrogens is 1. The van der Waals surface area contributed by atoms with Gasteiger partial charge in [0.1, 0.15) is 5.82 Å². The van der Waals surface area contributed by atoms with Gasteiger partial charge in [0.2, 0.25) is 0 Å². The Morgan fingerprint density at radius 3 is 2.42 bits per heavy atom. The van der Waals surface area contributed by atoms with Gasteiger partial charge < -0.3 is 14.5 Å². The van der Waals surface area contributed by atoms with Crippen molar-refractivity contribution in [1.29, 1.82) is 0 Å². The maximum atomic E-state index is 14.2. The number of furan rings is 1. The molecule has 0 bridgehead atoms. The molecule has 0 amide bonds. The van der Waals surface area contributed by atoms with E-state index in [9.17, 15) is 9.18 Å². The summed E-state index contributed by atoms with van der Waals surface area (Å²) >= 11 is 12.3. The summed E-state index contributed by atoms with van der Waals surface area (Å²) in [7, 11) is 0. The maximum Gasteiger partial charge on any atom is 0.335 e. The van der Waals surface area contributed by atoms with Crippen molar-refractivity contribution in [3.05, 3.63) is 70.0 Å². The van der Waals surface area contributed by atoms with E-state index >= 15 is 0 Å². The Balaban J connectivity index is 1.76. The quantitative estimate of drug-likeness (QED) is 0.435. The van der Waals surface area contributed by atoms with Gasteiger partial charge in [-0.05, 0) is 48.5 Å². The molecular formula is C19H10Cl2FNO3. The molecule has 4 nitrogen and oxygen atoms in total. The Morgan fingerprint density at radius 2 is 1.73 bits per heavy atom. The smallest absolute Gasteiger partial charge is 0.335 e. The fraction of sp³-hybridized carbons (Fsp3) is 0. The zero-order chi connectivity index (χ0) is 18.4. The number of carboxylic acid groups (broad SMARTS) is 1. The first-order chi connectivity index (χ1) is 12.4. The van der Waals surface area contributed by atoms with Crippen molar-refractivity contribution in [2.45, 2.75) is 0 Å². The number of carbonyl (C=O) groups is 1. The molecule has 0 radical (unpaired) electrons. The van der Waals surface area contributed by atoms with Crippen molar-refractivity contribution in [3.8, 4) is 22.7 Å². The molecule has 2 N–H and O–H groups in total. The van der Waals surface area contributed by atoms with Crippen molar-refractivity contribution >= 4 is 40.1 Å². The second-order valence-electron chi connectivity index (χ2n) is 5.67. The second kappa shape index (κ2) is 6.20. The molecule has 130 valence electrons. The molecule has 0 aliphatic heterocycles. The van der Waals surface area contributed by atoms with E-state index in [2.05, 4.69) is 4.98 Å². The Bertz CT molecular complexity index is 1120. The van der Waals surface area contributed by atoms with Crippen molar-refractivity contribution in [2.24, 2.45) is 0 Å². The van der Waals surface area contributed by atoms with Gasteiger partial charge in [0.05, 0.1) is 21.3 Å². The Morgan fingerprint density at radius 1 is 1.00 bits per heavy atom. The Labute approximate surface area is 156 Å². The highest BCUT2D eigenvalue weighted by molar-refractivity contribution is 6.39. The lowest BCUT2D eigenvalue weighted by Gasteiger charge is -2.02. The van der Waals surface area contributed by atoms with Gasteiger partial charge in [-0.25, -0.2) is 9.18 Å². The first-order valence-corrected chi connectivity index (χ1v) is 8.30. The number of rotatable bonds is 3. The van der Waals surface area contributed by atoms with Crippen LogP contribution in [-0.2, 0) is 0 Å². The minimum absolute atomic E-state index is 0.111. The lowest BCUT2D eigenvalue weighted by atomic mass is 10.1. The highest BCUT2D eigenvalue weighted by atomic mass is 35.5. The molecule has 0 aliphatic carbocycles. The number of hydrogen-bond acceptors (Lipinski definition) is 2. The molecule has 0 atom stereocenters. The van der Waals surface area contributed by atoms with Gasteiger partial charge in [-0.15, -0.1) is 0 Å². The number of aromatic carboxylic acids is 1. The van der Waals surface area contributed by atoms with Crippen LogP contribution in [0.2, 0.25) is 10.0 Å². The number of nitrogens with one attached hydrogen (secondary N) is 1. The Hall–Kier alpha value is -2.76. The van der Waals surface area contributed by atoms with Crippen molar-refractivity contribution in [3.63, 3.8) is 0 Å². The number of hydrogen-bond donors (Lipinski definition) is 2. The largest absolute Gasteiger partial charge is 0.478 e. The fourth-order valence-corrected chi connectivity index (χ4v) is 3.16. The number of fused-ring (bicyclic) bond motifs is 1. The minimum atomic E-state index is -1.18. The van der Waals surface area contributed by atoms with Crippen LogP contribution in [0.15, 0.2) is 52.9 Å². The van der Waals surface area contributed by atoms with Crippen LogP contribution in [0.1, 0.15) is 10.4 Å². The van der Waals surface area contributed by atoms with E-state index in [1.54, 1.807) is 30.3 Å². The van der Waals surface area contributed by atoms with Gasteiger partial charge in [-0.3, -0.25) is 0 Å². The topological polar surface area (TPSA) is 66.2 Å². The standard InChI is InChI=1S/C19H10Cl2FNO3/c20-12-3-4-13(21)18-11(12)8-17(26-18)16-6-5-15(23-16)10-2-1-9(19(24)25)7-14(10)22/h1-8,23H,(H,24,25). The Kier molecular flexibility index (Phi) is 3.98. The van der Waals surface area contributed by atoms with E-state index in [1.807, 2.05) is 0 Å². The van der Waals surface area contributed by atoms with Crippen LogP contribution in [-0.4, -0.2) is 16.1 Å². The SMILES string of the molecule is O=C(O)c1ccc(-c2ccc(-c3cc4c(Cl)ccc(Cl)c4o3)[nH]2)c(F)c1. The normalized spacial score (nSPS) is 11.2. The van der Waals surface area contributed by atoms with Gasteiger partial charge in [0, 0.05) is 16.6 Å². The van der Waals surface area contributed by atoms with E-state index < -0.39 is 11.8 Å². The molecule has 4 rings (SSSR count). The molecule has 0 fully saturated rings. The molecule has 2 heterocycles. The van der Waals surface area contributed by atoms with E-state index in [4.69, 9.17) is 32.7 Å². The molecule has 4 aromatic rings. The summed E-state index contributed by atoms with van der Waals surface area (Å²) in [6, 6.07) is 12.3. The van der Waals surface area contributed by atoms with E-state index in [0.29, 0.717) is 38.2 Å². The maximum absolute atomic E-state index is 14.2. The summed E-state index contributed by atoms with van der Waals surface area (Å²) in [6.45, 7) is 0. The number of carboxylic acids is 1. The molecule has 0 aliphatic rings. The molecule has 0 saturated heterocycles. The number of halogens is 3. The summed E-state index contributed by atoms with van der Waals surface area (Å²) in [5.41, 5.74) is 1.73. The molecule has 2 aromatic carbocycles. The second-order valence-corrected chi connectivity index (χ2v) is 6.48. The van der Waals surface area contributed by atoms with Crippen LogP contribution in [0.25, 0.3) is 33.7 Å². The highest BCUT2D eigenvalue weighted by Crippen LogP contribution is 2.36. The summed E-state index contributed by atoms with van der Waals surface area (Å²) in [6.07, 6.45) is 0. The summed E-state index contributed by atoms with van der Waals surface area (Å²) in [5, 5.41) is 10.6. The summed E-state index contributed by atoms with van der Waals surface area (Å²) in [4.78, 5) is 14.0. The third-order valence-electron chi connectivity index (χ3n) is 4.04. The van der Waals surface area contributed by atoms with Gasteiger partial charge in [0.25, 0.3) is 0 Å². The van der Waals surface area contributed by atoms with E-state index in [1.165, 1.54) is 12.1 Å². The van der Waals surface area contributed by atoms with Crippen LogP contribution in [0.4, 0.5) is 4.39 Å². The van der Waals surface area contributed by atoms with Gasteiger partial charge in [-0.1, -0.05) is 23.2 Å². The average Bonchev–Trinajstić information content (AvgIpc) is 3.25. The van der Waals surface area contributed by atoms with Gasteiger partial charge in [-0.2, -0.15) is 0 Å². The molecule has 0 spiro atoms. The summed E-state index contributed by atoms with van der Waals surface area (Å²) < 4.78 is 20.0. The van der Waals surface area contributed by atoms with Crippen molar-refractivity contribution in [1.82, 2.24) is 4.98 Å². The minimum Gasteiger partial charge on any atom is -0.478 e. The van der Waals surface area contributed by atoms with Crippen molar-refractivity contribution < 1.29 is 18.7 Å². The number of H-pyrrole nitrogens is 1. The molecule has 0 unspecified atom stereocenters. The van der Waals surface area contributed by atoms with E-state index in [-0.39, 0.29) is 11.1 Å². The fourth-order valence-electron chi connectivity index (χ4n) is 2.75. The number of aromatic amines is 1. The van der Waals surface area contributed by atoms with Crippen LogP contribution in [0.3, 0.4) is 0 Å². The average molecular weight is 390 g/mol. The molecule has 0 saturated carbocycles. The van der Waals surface area contributed by atoms with Crippen molar-refractivity contribution in [2.75, 3.05) is 0 Å². The molecule has 7 heteroatoms. The van der Waals surface area contributed by atoms with Gasteiger partial charge in [0.15, 0.2) is 11.3 Å². The summed E-state index contributed by atoms with van der Waals surface area (Å²) in [5.74, 6) is -1.31. The predicted octanol–water partition coefficient (Wildman–Crippen LogP) is 6.24. The third kappa shape index (κ3) is 2.75. The molecule has 2 aromatic heterocycles. The number of benzene rings is 2. The monoisotopic (exact) mass is 389 g/mol. The van der Waals surface area contributed by atoms with Crippen LogP contribution < -0.4 is 0 Å². The lowest BCUT2D eigenvalue weighted by molar-refractivity contribution is 0.0696. The first-order valence-electron chi connectivity index (χ1n) is 7.54. The van der Waals surface area contributed by atoms with Gasteiger partial charge >= 0.3 is 5.97 Å².